The molecule has 0 bridgehead atoms. The van der Waals surface area contributed by atoms with Crippen LogP contribution in [0.3, 0.4) is 0 Å². The Morgan fingerprint density at radius 2 is 1.84 bits per heavy atom. The van der Waals surface area contributed by atoms with Gasteiger partial charge in [0, 0.05) is 11.8 Å². The number of carbonyl (C=O) groups is 2. The number of fused-ring (bicyclic) bond motifs is 5. The molecule has 2 aromatic rings. The fraction of sp³-hybridized carbons (Fsp3) is 0.562. The number of aryl methyl sites for hydroxylation is 1. The minimum Gasteiger partial charge on any atom is -0.489 e. The van der Waals surface area contributed by atoms with Crippen LogP contribution in [0, 0.1) is 17.3 Å². The summed E-state index contributed by atoms with van der Waals surface area (Å²) in [7, 11) is 1.39. The molecule has 2 fully saturated rings. The van der Waals surface area contributed by atoms with E-state index in [0.717, 1.165) is 43.4 Å². The summed E-state index contributed by atoms with van der Waals surface area (Å²) >= 11 is 0. The number of rotatable bonds is 8. The smallest absolute Gasteiger partial charge is 0.337 e. The number of ether oxygens (including phenoxy) is 3. The molecule has 5 nitrogen and oxygen atoms in total. The van der Waals surface area contributed by atoms with Crippen LogP contribution in [0.4, 0.5) is 0 Å². The van der Waals surface area contributed by atoms with E-state index in [2.05, 4.69) is 32.0 Å². The molecule has 198 valence electrons. The van der Waals surface area contributed by atoms with Crippen LogP contribution in [0.15, 0.2) is 42.5 Å². The third-order valence-corrected chi connectivity index (χ3v) is 9.40. The van der Waals surface area contributed by atoms with Gasteiger partial charge in [-0.3, -0.25) is 4.79 Å². The van der Waals surface area contributed by atoms with E-state index >= 15 is 0 Å². The van der Waals surface area contributed by atoms with Crippen LogP contribution in [0.25, 0.3) is 0 Å². The van der Waals surface area contributed by atoms with Crippen molar-refractivity contribution in [1.82, 2.24) is 0 Å². The van der Waals surface area contributed by atoms with Gasteiger partial charge in [0.25, 0.3) is 0 Å². The second kappa shape index (κ2) is 10.9. The molecule has 2 aromatic carbocycles. The van der Waals surface area contributed by atoms with Crippen LogP contribution in [0.1, 0.15) is 98.2 Å². The van der Waals surface area contributed by atoms with Gasteiger partial charge in [-0.1, -0.05) is 38.5 Å². The van der Waals surface area contributed by atoms with Crippen LogP contribution in [0.5, 0.6) is 5.75 Å². The molecule has 0 aliphatic heterocycles. The number of hydrogen-bond acceptors (Lipinski definition) is 5. The predicted octanol–water partition coefficient (Wildman–Crippen LogP) is 7.01. The van der Waals surface area contributed by atoms with Crippen LogP contribution in [-0.2, 0) is 27.3 Å². The number of carbonyl (C=O) groups excluding carboxylic acids is 2. The minimum atomic E-state index is -0.329. The number of esters is 2. The third-order valence-electron chi connectivity index (χ3n) is 9.40. The molecule has 3 aliphatic carbocycles. The second-order valence-electron chi connectivity index (χ2n) is 11.5. The highest BCUT2D eigenvalue weighted by Crippen LogP contribution is 2.61. The van der Waals surface area contributed by atoms with Crippen molar-refractivity contribution in [3.63, 3.8) is 0 Å². The molecule has 0 N–H and O–H groups in total. The van der Waals surface area contributed by atoms with Crippen molar-refractivity contribution in [3.8, 4) is 5.75 Å². The van der Waals surface area contributed by atoms with Gasteiger partial charge in [0.2, 0.25) is 0 Å². The molecule has 0 saturated heterocycles. The van der Waals surface area contributed by atoms with Crippen molar-refractivity contribution < 1.29 is 23.8 Å². The molecule has 37 heavy (non-hydrogen) atoms. The zero-order valence-electron chi connectivity index (χ0n) is 22.5. The summed E-state index contributed by atoms with van der Waals surface area (Å²) in [6, 6.07) is 14.0. The van der Waals surface area contributed by atoms with Gasteiger partial charge in [0.05, 0.1) is 12.7 Å². The Balaban J connectivity index is 1.23. The van der Waals surface area contributed by atoms with Gasteiger partial charge >= 0.3 is 11.9 Å². The summed E-state index contributed by atoms with van der Waals surface area (Å²) in [6.45, 7) is 4.97. The van der Waals surface area contributed by atoms with Gasteiger partial charge in [-0.05, 0) is 104 Å². The van der Waals surface area contributed by atoms with E-state index in [-0.39, 0.29) is 23.5 Å². The Kier molecular flexibility index (Phi) is 7.60. The average molecular weight is 505 g/mol. The van der Waals surface area contributed by atoms with E-state index in [1.54, 1.807) is 12.1 Å². The SMILES string of the molecule is CCCCC(=O)O[C@H]1CC[C@H]2[C@@H]3CCc4cc(OCc5ccc(C(=O)OC)cc5)ccc4[C@H]3CC[C@]12C. The first-order valence-electron chi connectivity index (χ1n) is 14.0. The van der Waals surface area contributed by atoms with Crippen molar-refractivity contribution in [2.24, 2.45) is 17.3 Å². The van der Waals surface area contributed by atoms with Crippen molar-refractivity contribution >= 4 is 11.9 Å². The van der Waals surface area contributed by atoms with E-state index in [1.807, 2.05) is 12.1 Å². The lowest BCUT2D eigenvalue weighted by Gasteiger charge is -2.50. The molecule has 0 amide bonds. The number of benzene rings is 2. The molecule has 0 heterocycles. The lowest BCUT2D eigenvalue weighted by Crippen LogP contribution is -2.45. The number of hydrogen-bond donors (Lipinski definition) is 0. The summed E-state index contributed by atoms with van der Waals surface area (Å²) in [5, 5.41) is 0. The van der Waals surface area contributed by atoms with Gasteiger partial charge in [0.15, 0.2) is 0 Å². The zero-order chi connectivity index (χ0) is 26.0. The van der Waals surface area contributed by atoms with E-state index in [0.29, 0.717) is 36.3 Å². The van der Waals surface area contributed by atoms with Gasteiger partial charge in [-0.2, -0.15) is 0 Å². The molecule has 5 atom stereocenters. The van der Waals surface area contributed by atoms with E-state index in [9.17, 15) is 9.59 Å². The lowest BCUT2D eigenvalue weighted by atomic mass is 9.55. The summed E-state index contributed by atoms with van der Waals surface area (Å²) < 4.78 is 16.9. The summed E-state index contributed by atoms with van der Waals surface area (Å²) in [5.41, 5.74) is 4.59. The van der Waals surface area contributed by atoms with Crippen LogP contribution >= 0.6 is 0 Å². The lowest BCUT2D eigenvalue weighted by molar-refractivity contribution is -0.157. The van der Waals surface area contributed by atoms with E-state index < -0.39 is 0 Å². The van der Waals surface area contributed by atoms with Gasteiger partial charge in [-0.25, -0.2) is 4.79 Å². The van der Waals surface area contributed by atoms with Crippen LogP contribution in [-0.4, -0.2) is 25.2 Å². The molecule has 0 aromatic heterocycles. The quantitative estimate of drug-likeness (QED) is 0.362. The Morgan fingerprint density at radius 3 is 2.59 bits per heavy atom. The van der Waals surface area contributed by atoms with Crippen molar-refractivity contribution in [3.05, 3.63) is 64.7 Å². The fourth-order valence-electron chi connectivity index (χ4n) is 7.35. The van der Waals surface area contributed by atoms with Gasteiger partial charge < -0.3 is 14.2 Å². The number of unbranched alkanes of at least 4 members (excludes halogenated alkanes) is 1. The highest BCUT2D eigenvalue weighted by molar-refractivity contribution is 5.89. The van der Waals surface area contributed by atoms with Crippen molar-refractivity contribution in [1.29, 1.82) is 0 Å². The molecule has 2 saturated carbocycles. The van der Waals surface area contributed by atoms with Crippen LogP contribution in [0.2, 0.25) is 0 Å². The molecule has 5 rings (SSSR count). The molecular formula is C32H40O5. The summed E-state index contributed by atoms with van der Waals surface area (Å²) in [4.78, 5) is 24.0. The minimum absolute atomic E-state index is 0.00299. The monoisotopic (exact) mass is 504 g/mol. The fourth-order valence-corrected chi connectivity index (χ4v) is 7.35. The maximum atomic E-state index is 12.4. The summed E-state index contributed by atoms with van der Waals surface area (Å²) in [6.07, 6.45) is 9.35. The average Bonchev–Trinajstić information content (AvgIpc) is 3.26. The van der Waals surface area contributed by atoms with Crippen molar-refractivity contribution in [2.45, 2.75) is 90.3 Å². The van der Waals surface area contributed by atoms with E-state index in [4.69, 9.17) is 14.2 Å². The molecule has 0 radical (unpaired) electrons. The maximum absolute atomic E-state index is 12.4. The molecule has 0 spiro atoms. The standard InChI is InChI=1S/C32H40O5/c1-4-5-6-30(33)37-29-16-15-28-27-13-11-23-19-24(12-14-25(23)26(27)17-18-32(28,29)2)36-20-21-7-9-22(10-8-21)31(34)35-3/h7-10,12,14,19,26-29H,4-6,11,13,15-18,20H2,1-3H3/t26-,27-,28+,29+,32+/m1/s1. The Hall–Kier alpha value is -2.82. The Labute approximate surface area is 220 Å². The first kappa shape index (κ1) is 25.8. The highest BCUT2D eigenvalue weighted by Gasteiger charge is 2.56. The summed E-state index contributed by atoms with van der Waals surface area (Å²) in [5.74, 6) is 2.46. The Bertz CT molecular complexity index is 1120. The first-order chi connectivity index (χ1) is 17.9. The Morgan fingerprint density at radius 1 is 1.03 bits per heavy atom. The van der Waals surface area contributed by atoms with Gasteiger partial charge in [0.1, 0.15) is 18.5 Å². The molecule has 0 unspecified atom stereocenters. The second-order valence-corrected chi connectivity index (χ2v) is 11.5. The molecular weight excluding hydrogens is 464 g/mol. The molecule has 5 heteroatoms. The maximum Gasteiger partial charge on any atom is 0.337 e. The first-order valence-corrected chi connectivity index (χ1v) is 14.0. The van der Waals surface area contributed by atoms with Crippen LogP contribution < -0.4 is 4.74 Å². The topological polar surface area (TPSA) is 61.8 Å². The third kappa shape index (κ3) is 5.15. The number of methoxy groups -OCH3 is 1. The predicted molar refractivity (Wildman–Crippen MR) is 143 cm³/mol. The van der Waals surface area contributed by atoms with Gasteiger partial charge in [-0.15, -0.1) is 0 Å². The normalized spacial score (nSPS) is 28.0. The highest BCUT2D eigenvalue weighted by atomic mass is 16.5. The van der Waals surface area contributed by atoms with Crippen molar-refractivity contribution in [2.75, 3.05) is 7.11 Å². The zero-order valence-corrected chi connectivity index (χ0v) is 22.5. The molecule has 3 aliphatic rings. The van der Waals surface area contributed by atoms with E-state index in [1.165, 1.54) is 37.5 Å². The largest absolute Gasteiger partial charge is 0.489 e.